The van der Waals surface area contributed by atoms with Gasteiger partial charge in [0, 0.05) is 23.7 Å². The third-order valence-corrected chi connectivity index (χ3v) is 6.07. The first-order valence-corrected chi connectivity index (χ1v) is 11.3. The van der Waals surface area contributed by atoms with Crippen LogP contribution in [-0.2, 0) is 11.3 Å². The summed E-state index contributed by atoms with van der Waals surface area (Å²) in [5, 5.41) is 18.9. The first kappa shape index (κ1) is 25.8. The van der Waals surface area contributed by atoms with Gasteiger partial charge in [-0.05, 0) is 49.0 Å². The van der Waals surface area contributed by atoms with Crippen LogP contribution in [0.2, 0.25) is 0 Å². The monoisotopic (exact) mass is 501 g/mol. The number of rotatable bonds is 11. The van der Waals surface area contributed by atoms with Gasteiger partial charge in [0.05, 0.1) is 35.5 Å². The van der Waals surface area contributed by atoms with Crippen molar-refractivity contribution in [2.45, 2.75) is 18.6 Å². The molecule has 10 nitrogen and oxygen atoms in total. The Bertz CT molecular complexity index is 1220. The van der Waals surface area contributed by atoms with Crippen LogP contribution < -0.4 is 23.7 Å². The van der Waals surface area contributed by atoms with Crippen molar-refractivity contribution >= 4 is 23.8 Å². The highest BCUT2D eigenvalue weighted by atomic mass is 32.2. The van der Waals surface area contributed by atoms with Gasteiger partial charge in [0.25, 0.3) is 0 Å². The Kier molecular flexibility index (Phi) is 8.48. The van der Waals surface area contributed by atoms with E-state index in [0.717, 1.165) is 17.3 Å². The van der Waals surface area contributed by atoms with Gasteiger partial charge in [-0.2, -0.15) is 0 Å². The molecule has 0 unspecified atom stereocenters. The minimum atomic E-state index is -1.12. The van der Waals surface area contributed by atoms with Gasteiger partial charge in [-0.25, -0.2) is 4.79 Å². The van der Waals surface area contributed by atoms with Crippen LogP contribution in [-0.4, -0.2) is 61.4 Å². The van der Waals surface area contributed by atoms with Crippen LogP contribution in [0, 0.1) is 0 Å². The zero-order chi connectivity index (χ0) is 25.5. The average Bonchev–Trinajstić information content (AvgIpc) is 3.29. The van der Waals surface area contributed by atoms with Crippen LogP contribution in [0.15, 0.2) is 40.4 Å². The standard InChI is InChI=1S/C24H27N3O7S/c1-7-27-22(15-10-16(30-2)13-17(11-15)31-3)25-26-24(27)35-19(23(28)29)12-14-8-9-18(32-4)21(34-6)20(14)33-5/h8-13H,7H2,1-6H3,(H,28,29)/b19-12-. The molecule has 0 radical (unpaired) electrons. The molecule has 1 N–H and O–H groups in total. The molecule has 0 fully saturated rings. The summed E-state index contributed by atoms with van der Waals surface area (Å²) in [6.07, 6.45) is 1.50. The summed E-state index contributed by atoms with van der Waals surface area (Å²) < 4.78 is 28.7. The molecule has 0 bridgehead atoms. The fourth-order valence-corrected chi connectivity index (χ4v) is 4.29. The lowest BCUT2D eigenvalue weighted by Gasteiger charge is -2.14. The normalized spacial score (nSPS) is 11.2. The summed E-state index contributed by atoms with van der Waals surface area (Å²) in [7, 11) is 7.61. The number of nitrogens with zero attached hydrogens (tertiary/aromatic N) is 3. The van der Waals surface area contributed by atoms with E-state index in [1.54, 1.807) is 32.4 Å². The second kappa shape index (κ2) is 11.5. The zero-order valence-electron chi connectivity index (χ0n) is 20.3. The minimum absolute atomic E-state index is 0.0207. The van der Waals surface area contributed by atoms with Crippen LogP contribution >= 0.6 is 11.8 Å². The molecule has 0 saturated heterocycles. The Balaban J connectivity index is 2.05. The highest BCUT2D eigenvalue weighted by Crippen LogP contribution is 2.42. The van der Waals surface area contributed by atoms with Crippen molar-refractivity contribution in [2.75, 3.05) is 35.5 Å². The second-order valence-electron chi connectivity index (χ2n) is 6.99. The lowest BCUT2D eigenvalue weighted by Crippen LogP contribution is -2.03. The van der Waals surface area contributed by atoms with Crippen molar-refractivity contribution in [2.24, 2.45) is 0 Å². The van der Waals surface area contributed by atoms with E-state index >= 15 is 0 Å². The Labute approximate surface area is 207 Å². The van der Waals surface area contributed by atoms with E-state index < -0.39 is 5.97 Å². The molecule has 0 amide bonds. The molecule has 0 aliphatic rings. The molecule has 0 aliphatic heterocycles. The highest BCUT2D eigenvalue weighted by molar-refractivity contribution is 8.04. The third-order valence-electron chi connectivity index (χ3n) is 5.08. The molecule has 0 saturated carbocycles. The first-order chi connectivity index (χ1) is 16.9. The van der Waals surface area contributed by atoms with Crippen molar-refractivity contribution < 1.29 is 33.6 Å². The van der Waals surface area contributed by atoms with Crippen molar-refractivity contribution in [1.29, 1.82) is 0 Å². The maximum absolute atomic E-state index is 12.2. The largest absolute Gasteiger partial charge is 0.497 e. The van der Waals surface area contributed by atoms with Crippen LogP contribution in [0.1, 0.15) is 12.5 Å². The number of thioether (sulfide) groups is 1. The van der Waals surface area contributed by atoms with E-state index in [-0.39, 0.29) is 4.91 Å². The number of carboxylic acid groups (broad SMARTS) is 1. The van der Waals surface area contributed by atoms with Crippen LogP contribution in [0.4, 0.5) is 0 Å². The van der Waals surface area contributed by atoms with E-state index in [4.69, 9.17) is 23.7 Å². The molecule has 1 heterocycles. The van der Waals surface area contributed by atoms with Gasteiger partial charge in [0.15, 0.2) is 22.5 Å². The Morgan fingerprint density at radius 2 is 1.60 bits per heavy atom. The summed E-state index contributed by atoms with van der Waals surface area (Å²) in [4.78, 5) is 12.2. The molecule has 11 heteroatoms. The Morgan fingerprint density at radius 1 is 0.943 bits per heavy atom. The van der Waals surface area contributed by atoms with Gasteiger partial charge in [0.2, 0.25) is 5.75 Å². The van der Waals surface area contributed by atoms with E-state index in [1.165, 1.54) is 27.4 Å². The van der Waals surface area contributed by atoms with Crippen LogP contribution in [0.3, 0.4) is 0 Å². The second-order valence-corrected chi connectivity index (χ2v) is 8.00. The third kappa shape index (κ3) is 5.46. The molecule has 3 aromatic rings. The first-order valence-electron chi connectivity index (χ1n) is 10.5. The summed E-state index contributed by atoms with van der Waals surface area (Å²) >= 11 is 0.982. The summed E-state index contributed by atoms with van der Waals surface area (Å²) in [6, 6.07) is 8.76. The maximum atomic E-state index is 12.2. The lowest BCUT2D eigenvalue weighted by atomic mass is 10.1. The number of hydrogen-bond donors (Lipinski definition) is 1. The van der Waals surface area contributed by atoms with Gasteiger partial charge in [-0.3, -0.25) is 0 Å². The molecule has 186 valence electrons. The smallest absolute Gasteiger partial charge is 0.342 e. The SMILES string of the molecule is CCn1c(S/C(=C\c2ccc(OC)c(OC)c2OC)C(=O)O)nnc1-c1cc(OC)cc(OC)c1. The van der Waals surface area contributed by atoms with Gasteiger partial charge in [-0.15, -0.1) is 10.2 Å². The molecule has 3 rings (SSSR count). The van der Waals surface area contributed by atoms with Crippen LogP contribution in [0.25, 0.3) is 17.5 Å². The molecule has 0 aliphatic carbocycles. The van der Waals surface area contributed by atoms with Crippen molar-refractivity contribution in [3.63, 3.8) is 0 Å². The van der Waals surface area contributed by atoms with Crippen molar-refractivity contribution in [3.8, 4) is 40.1 Å². The molecule has 1 aromatic heterocycles. The van der Waals surface area contributed by atoms with Gasteiger partial charge in [-0.1, -0.05) is 0 Å². The lowest BCUT2D eigenvalue weighted by molar-refractivity contribution is -0.131. The number of aromatic nitrogens is 3. The average molecular weight is 502 g/mol. The molecule has 2 aromatic carbocycles. The van der Waals surface area contributed by atoms with E-state index in [9.17, 15) is 9.90 Å². The van der Waals surface area contributed by atoms with Crippen molar-refractivity contribution in [3.05, 3.63) is 40.8 Å². The maximum Gasteiger partial charge on any atom is 0.342 e. The van der Waals surface area contributed by atoms with Gasteiger partial charge < -0.3 is 33.4 Å². The fraction of sp³-hybridized carbons (Fsp3) is 0.292. The number of methoxy groups -OCH3 is 5. The molecular formula is C24H27N3O7S. The van der Waals surface area contributed by atoms with E-state index in [0.29, 0.717) is 51.8 Å². The number of hydrogen-bond acceptors (Lipinski definition) is 9. The van der Waals surface area contributed by atoms with Crippen molar-refractivity contribution in [1.82, 2.24) is 14.8 Å². The number of benzene rings is 2. The summed E-state index contributed by atoms with van der Waals surface area (Å²) in [5.74, 6) is 1.83. The number of aliphatic carboxylic acids is 1. The van der Waals surface area contributed by atoms with Gasteiger partial charge >= 0.3 is 5.97 Å². The summed E-state index contributed by atoms with van der Waals surface area (Å²) in [5.41, 5.74) is 1.24. The fourth-order valence-electron chi connectivity index (χ4n) is 3.41. The number of carbonyl (C=O) groups is 1. The summed E-state index contributed by atoms with van der Waals surface area (Å²) in [6.45, 7) is 2.44. The predicted molar refractivity (Wildman–Crippen MR) is 132 cm³/mol. The van der Waals surface area contributed by atoms with Gasteiger partial charge in [0.1, 0.15) is 16.4 Å². The van der Waals surface area contributed by atoms with Crippen LogP contribution in [0.5, 0.6) is 28.7 Å². The minimum Gasteiger partial charge on any atom is -0.497 e. The predicted octanol–water partition coefficient (Wildman–Crippen LogP) is 4.23. The quantitative estimate of drug-likeness (QED) is 0.302. The highest BCUT2D eigenvalue weighted by Gasteiger charge is 2.21. The topological polar surface area (TPSA) is 114 Å². The van der Waals surface area contributed by atoms with E-state index in [2.05, 4.69) is 10.2 Å². The molecule has 0 atom stereocenters. The van der Waals surface area contributed by atoms with E-state index in [1.807, 2.05) is 23.6 Å². The molecule has 0 spiro atoms. The number of carboxylic acids is 1. The number of ether oxygens (including phenoxy) is 5. The molecular weight excluding hydrogens is 474 g/mol. The molecule has 35 heavy (non-hydrogen) atoms. The zero-order valence-corrected chi connectivity index (χ0v) is 21.1. The Hall–Kier alpha value is -3.86. The Morgan fingerprint density at radius 3 is 2.11 bits per heavy atom.